The first-order valence-corrected chi connectivity index (χ1v) is 5.31. The number of nitrogens with one attached hydrogen (secondary N) is 2. The molecule has 0 spiro atoms. The highest BCUT2D eigenvalue weighted by molar-refractivity contribution is 5.82. The molecule has 0 bridgehead atoms. The lowest BCUT2D eigenvalue weighted by Crippen LogP contribution is -2.51. The highest BCUT2D eigenvalue weighted by Crippen LogP contribution is 2.06. The van der Waals surface area contributed by atoms with E-state index in [0.29, 0.717) is 6.04 Å². The van der Waals surface area contributed by atoms with Gasteiger partial charge >= 0.3 is 0 Å². The van der Waals surface area contributed by atoms with Crippen LogP contribution in [-0.2, 0) is 4.79 Å². The van der Waals surface area contributed by atoms with Crippen molar-refractivity contribution in [1.82, 2.24) is 10.6 Å². The SMILES string of the molecule is CCC(CC)NC1CCCNC1=O. The van der Waals surface area contributed by atoms with E-state index >= 15 is 0 Å². The summed E-state index contributed by atoms with van der Waals surface area (Å²) in [6, 6.07) is 0.549. The second-order valence-corrected chi connectivity index (χ2v) is 3.67. The molecule has 2 N–H and O–H groups in total. The Balaban J connectivity index is 2.36. The molecule has 3 heteroatoms. The quantitative estimate of drug-likeness (QED) is 0.685. The van der Waals surface area contributed by atoms with Gasteiger partial charge in [-0.15, -0.1) is 0 Å². The molecule has 13 heavy (non-hydrogen) atoms. The topological polar surface area (TPSA) is 41.1 Å². The summed E-state index contributed by atoms with van der Waals surface area (Å²) in [6.45, 7) is 5.16. The zero-order valence-electron chi connectivity index (χ0n) is 8.60. The van der Waals surface area contributed by atoms with Gasteiger partial charge in [-0.2, -0.15) is 0 Å². The molecule has 0 aromatic rings. The van der Waals surface area contributed by atoms with Crippen LogP contribution >= 0.6 is 0 Å². The number of hydrogen-bond acceptors (Lipinski definition) is 2. The Morgan fingerprint density at radius 2 is 2.23 bits per heavy atom. The summed E-state index contributed by atoms with van der Waals surface area (Å²) in [6.07, 6.45) is 4.28. The Morgan fingerprint density at radius 1 is 1.54 bits per heavy atom. The predicted octanol–water partition coefficient (Wildman–Crippen LogP) is 1.04. The van der Waals surface area contributed by atoms with Crippen molar-refractivity contribution in [3.8, 4) is 0 Å². The first-order valence-electron chi connectivity index (χ1n) is 5.31. The van der Waals surface area contributed by atoms with Crippen LogP contribution in [0.4, 0.5) is 0 Å². The number of carbonyl (C=O) groups is 1. The van der Waals surface area contributed by atoms with Crippen molar-refractivity contribution in [2.75, 3.05) is 6.54 Å². The molecule has 0 aromatic heterocycles. The summed E-state index contributed by atoms with van der Waals surface area (Å²) < 4.78 is 0. The van der Waals surface area contributed by atoms with Crippen molar-refractivity contribution in [3.63, 3.8) is 0 Å². The van der Waals surface area contributed by atoms with E-state index in [2.05, 4.69) is 24.5 Å². The monoisotopic (exact) mass is 184 g/mol. The molecular weight excluding hydrogens is 164 g/mol. The highest BCUT2D eigenvalue weighted by Gasteiger charge is 2.22. The number of rotatable bonds is 4. The maximum atomic E-state index is 11.4. The standard InChI is InChI=1S/C10H20N2O/c1-3-8(4-2)12-9-6-5-7-11-10(9)13/h8-9,12H,3-7H2,1-2H3,(H,11,13). The van der Waals surface area contributed by atoms with Gasteiger partial charge in [0.25, 0.3) is 0 Å². The van der Waals surface area contributed by atoms with Gasteiger partial charge in [0.05, 0.1) is 6.04 Å². The van der Waals surface area contributed by atoms with E-state index in [0.717, 1.165) is 32.2 Å². The number of hydrogen-bond donors (Lipinski definition) is 2. The summed E-state index contributed by atoms with van der Waals surface area (Å²) in [5.74, 6) is 0.179. The Hall–Kier alpha value is -0.570. The minimum Gasteiger partial charge on any atom is -0.355 e. The molecule has 0 aromatic carbocycles. The number of carbonyl (C=O) groups excluding carboxylic acids is 1. The first kappa shape index (κ1) is 10.5. The molecule has 1 amide bonds. The average Bonchev–Trinajstić information content (AvgIpc) is 2.17. The average molecular weight is 184 g/mol. The minimum absolute atomic E-state index is 0.0543. The molecule has 1 aliphatic heterocycles. The molecule has 1 rings (SSSR count). The van der Waals surface area contributed by atoms with E-state index in [1.807, 2.05) is 0 Å². The fourth-order valence-corrected chi connectivity index (χ4v) is 1.74. The van der Waals surface area contributed by atoms with Crippen LogP contribution in [0.5, 0.6) is 0 Å². The van der Waals surface area contributed by atoms with Crippen molar-refractivity contribution >= 4 is 5.91 Å². The molecule has 1 heterocycles. The lowest BCUT2D eigenvalue weighted by Gasteiger charge is -2.26. The number of piperidine rings is 1. The van der Waals surface area contributed by atoms with E-state index in [4.69, 9.17) is 0 Å². The summed E-state index contributed by atoms with van der Waals surface area (Å²) in [4.78, 5) is 11.4. The molecule has 0 saturated carbocycles. The normalized spacial score (nSPS) is 23.3. The van der Waals surface area contributed by atoms with Crippen molar-refractivity contribution in [1.29, 1.82) is 0 Å². The van der Waals surface area contributed by atoms with Crippen molar-refractivity contribution < 1.29 is 4.79 Å². The molecule has 0 aliphatic carbocycles. The molecule has 1 fully saturated rings. The van der Waals surface area contributed by atoms with Crippen molar-refractivity contribution in [3.05, 3.63) is 0 Å². The van der Waals surface area contributed by atoms with Gasteiger partial charge in [-0.25, -0.2) is 0 Å². The molecule has 3 nitrogen and oxygen atoms in total. The maximum absolute atomic E-state index is 11.4. The van der Waals surface area contributed by atoms with Crippen LogP contribution in [0.2, 0.25) is 0 Å². The summed E-state index contributed by atoms with van der Waals surface area (Å²) in [5.41, 5.74) is 0. The predicted molar refractivity (Wildman–Crippen MR) is 53.5 cm³/mol. The van der Waals surface area contributed by atoms with Gasteiger partial charge in [-0.3, -0.25) is 4.79 Å². The van der Waals surface area contributed by atoms with Gasteiger partial charge in [0.1, 0.15) is 0 Å². The minimum atomic E-state index is 0.0543. The van der Waals surface area contributed by atoms with Gasteiger partial charge < -0.3 is 10.6 Å². The molecule has 1 atom stereocenters. The third-order valence-corrected chi connectivity index (χ3v) is 2.71. The summed E-state index contributed by atoms with van der Waals surface area (Å²) >= 11 is 0. The zero-order valence-corrected chi connectivity index (χ0v) is 8.60. The molecule has 1 saturated heterocycles. The fourth-order valence-electron chi connectivity index (χ4n) is 1.74. The van der Waals surface area contributed by atoms with Crippen LogP contribution in [0, 0.1) is 0 Å². The molecule has 0 radical (unpaired) electrons. The fraction of sp³-hybridized carbons (Fsp3) is 0.900. The Kier molecular flexibility index (Phi) is 4.22. The van der Waals surface area contributed by atoms with Crippen LogP contribution in [-0.4, -0.2) is 24.5 Å². The first-order chi connectivity index (χ1) is 6.27. The van der Waals surface area contributed by atoms with Crippen LogP contribution in [0.3, 0.4) is 0 Å². The van der Waals surface area contributed by atoms with Crippen molar-refractivity contribution in [2.24, 2.45) is 0 Å². The van der Waals surface area contributed by atoms with E-state index in [1.54, 1.807) is 0 Å². The van der Waals surface area contributed by atoms with Crippen molar-refractivity contribution in [2.45, 2.75) is 51.6 Å². The lowest BCUT2D eigenvalue weighted by molar-refractivity contribution is -0.124. The third kappa shape index (κ3) is 2.99. The summed E-state index contributed by atoms with van der Waals surface area (Å²) in [5, 5.41) is 6.28. The highest BCUT2D eigenvalue weighted by atomic mass is 16.2. The Morgan fingerprint density at radius 3 is 2.77 bits per heavy atom. The smallest absolute Gasteiger partial charge is 0.237 e. The summed E-state index contributed by atoms with van der Waals surface area (Å²) in [7, 11) is 0. The Labute approximate surface area is 80.3 Å². The molecule has 76 valence electrons. The van der Waals surface area contributed by atoms with Gasteiger partial charge in [-0.05, 0) is 25.7 Å². The van der Waals surface area contributed by atoms with Gasteiger partial charge in [0, 0.05) is 12.6 Å². The van der Waals surface area contributed by atoms with E-state index in [9.17, 15) is 4.79 Å². The van der Waals surface area contributed by atoms with Gasteiger partial charge in [0.15, 0.2) is 0 Å². The van der Waals surface area contributed by atoms with Crippen LogP contribution in [0.15, 0.2) is 0 Å². The maximum Gasteiger partial charge on any atom is 0.237 e. The van der Waals surface area contributed by atoms with E-state index < -0.39 is 0 Å². The van der Waals surface area contributed by atoms with E-state index in [1.165, 1.54) is 0 Å². The van der Waals surface area contributed by atoms with Crippen LogP contribution < -0.4 is 10.6 Å². The largest absolute Gasteiger partial charge is 0.355 e. The van der Waals surface area contributed by atoms with Gasteiger partial charge in [0.2, 0.25) is 5.91 Å². The third-order valence-electron chi connectivity index (χ3n) is 2.71. The lowest BCUT2D eigenvalue weighted by atomic mass is 10.0. The molecule has 1 unspecified atom stereocenters. The Bertz CT molecular complexity index is 166. The van der Waals surface area contributed by atoms with Crippen LogP contribution in [0.25, 0.3) is 0 Å². The molecular formula is C10H20N2O. The van der Waals surface area contributed by atoms with E-state index in [-0.39, 0.29) is 11.9 Å². The second-order valence-electron chi connectivity index (χ2n) is 3.67. The second kappa shape index (κ2) is 5.22. The van der Waals surface area contributed by atoms with Gasteiger partial charge in [-0.1, -0.05) is 13.8 Å². The zero-order chi connectivity index (χ0) is 9.68. The number of amides is 1. The van der Waals surface area contributed by atoms with Crippen LogP contribution in [0.1, 0.15) is 39.5 Å². The molecule has 1 aliphatic rings.